The molecule has 0 fully saturated rings. The smallest absolute Gasteiger partial charge is 0.191 e. The van der Waals surface area contributed by atoms with Crippen molar-refractivity contribution in [3.8, 4) is 0 Å². The molecule has 3 heterocycles. The summed E-state index contributed by atoms with van der Waals surface area (Å²) in [6, 6.07) is 10.6. The van der Waals surface area contributed by atoms with E-state index < -0.39 is 0 Å². The minimum Gasteiger partial charge on any atom is -0.361 e. The number of nitrogens with one attached hydrogen (secondary N) is 3. The average Bonchev–Trinajstić information content (AvgIpc) is 3.31. The molecule has 4 aromatic rings. The predicted molar refractivity (Wildman–Crippen MR) is 108 cm³/mol. The van der Waals surface area contributed by atoms with Crippen molar-refractivity contribution in [3.63, 3.8) is 0 Å². The Kier molecular flexibility index (Phi) is 5.18. The summed E-state index contributed by atoms with van der Waals surface area (Å²) in [5.74, 6) is 1.40. The Morgan fingerprint density at radius 3 is 2.86 bits per heavy atom. The van der Waals surface area contributed by atoms with Crippen LogP contribution in [0.25, 0.3) is 16.6 Å². The Morgan fingerprint density at radius 2 is 2.00 bits per heavy atom. The number of hydrogen-bond acceptors (Lipinski definition) is 3. The standard InChI is InChI=1S/C20H22FN7/c1-22-20(24-10-8-19-27-26-18-4-2-3-11-28(18)19)23-9-7-14-13-25-17-6-5-15(21)12-16(14)17/h2-6,11-13,25H,7-10H2,1H3,(H2,22,23,24). The zero-order chi connectivity index (χ0) is 19.3. The van der Waals surface area contributed by atoms with Gasteiger partial charge in [0.1, 0.15) is 11.6 Å². The van der Waals surface area contributed by atoms with Crippen molar-refractivity contribution < 1.29 is 4.39 Å². The van der Waals surface area contributed by atoms with Crippen molar-refractivity contribution >= 4 is 22.5 Å². The maximum Gasteiger partial charge on any atom is 0.191 e. The molecule has 3 N–H and O–H groups in total. The molecular formula is C20H22FN7. The number of aliphatic imine (C=N–C) groups is 1. The zero-order valence-electron chi connectivity index (χ0n) is 15.6. The van der Waals surface area contributed by atoms with Crippen LogP contribution in [-0.4, -0.2) is 45.7 Å². The van der Waals surface area contributed by atoms with Gasteiger partial charge in [0.2, 0.25) is 0 Å². The lowest BCUT2D eigenvalue weighted by atomic mass is 10.1. The van der Waals surface area contributed by atoms with E-state index in [9.17, 15) is 4.39 Å². The number of H-pyrrole nitrogens is 1. The molecule has 0 aliphatic rings. The van der Waals surface area contributed by atoms with Crippen LogP contribution in [-0.2, 0) is 12.8 Å². The summed E-state index contributed by atoms with van der Waals surface area (Å²) in [5, 5.41) is 15.9. The largest absolute Gasteiger partial charge is 0.361 e. The molecule has 0 atom stereocenters. The molecular weight excluding hydrogens is 357 g/mol. The van der Waals surface area contributed by atoms with Gasteiger partial charge in [-0.2, -0.15) is 0 Å². The molecule has 28 heavy (non-hydrogen) atoms. The van der Waals surface area contributed by atoms with Gasteiger partial charge in [0.05, 0.1) is 0 Å². The molecule has 4 rings (SSSR count). The van der Waals surface area contributed by atoms with Gasteiger partial charge in [-0.1, -0.05) is 6.07 Å². The van der Waals surface area contributed by atoms with E-state index in [1.807, 2.05) is 35.0 Å². The number of halogens is 1. The van der Waals surface area contributed by atoms with Gasteiger partial charge in [0, 0.05) is 49.9 Å². The third kappa shape index (κ3) is 3.80. The molecule has 3 aromatic heterocycles. The maximum absolute atomic E-state index is 13.5. The number of nitrogens with zero attached hydrogens (tertiary/aromatic N) is 4. The molecule has 8 heteroatoms. The molecule has 0 unspecified atom stereocenters. The Balaban J connectivity index is 1.28. The number of pyridine rings is 1. The van der Waals surface area contributed by atoms with Gasteiger partial charge in [-0.3, -0.25) is 9.39 Å². The number of benzene rings is 1. The summed E-state index contributed by atoms with van der Waals surface area (Å²) in [6.07, 6.45) is 5.38. The predicted octanol–water partition coefficient (Wildman–Crippen LogP) is 2.30. The van der Waals surface area contributed by atoms with Crippen LogP contribution in [0.3, 0.4) is 0 Å². The highest BCUT2D eigenvalue weighted by atomic mass is 19.1. The number of fused-ring (bicyclic) bond motifs is 2. The second-order valence-corrected chi connectivity index (χ2v) is 6.47. The second kappa shape index (κ2) is 8.08. The van der Waals surface area contributed by atoms with E-state index >= 15 is 0 Å². The Hall–Kier alpha value is -3.42. The lowest BCUT2D eigenvalue weighted by molar-refractivity contribution is 0.629. The van der Waals surface area contributed by atoms with Crippen LogP contribution < -0.4 is 10.6 Å². The molecule has 0 saturated carbocycles. The fourth-order valence-electron chi connectivity index (χ4n) is 3.25. The van der Waals surface area contributed by atoms with Gasteiger partial charge in [-0.05, 0) is 42.3 Å². The van der Waals surface area contributed by atoms with Crippen molar-refractivity contribution in [2.75, 3.05) is 20.1 Å². The van der Waals surface area contributed by atoms with Crippen LogP contribution in [0.5, 0.6) is 0 Å². The quantitative estimate of drug-likeness (QED) is 0.355. The van der Waals surface area contributed by atoms with Crippen LogP contribution in [0, 0.1) is 5.82 Å². The van der Waals surface area contributed by atoms with E-state index in [-0.39, 0.29) is 5.82 Å². The molecule has 0 aliphatic carbocycles. The normalized spacial score (nSPS) is 12.0. The minimum absolute atomic E-state index is 0.222. The van der Waals surface area contributed by atoms with Gasteiger partial charge in [0.15, 0.2) is 11.6 Å². The van der Waals surface area contributed by atoms with E-state index in [0.29, 0.717) is 13.1 Å². The monoisotopic (exact) mass is 379 g/mol. The molecule has 0 bridgehead atoms. The second-order valence-electron chi connectivity index (χ2n) is 6.47. The highest BCUT2D eigenvalue weighted by Gasteiger charge is 2.07. The van der Waals surface area contributed by atoms with Crippen molar-refractivity contribution in [3.05, 3.63) is 66.0 Å². The van der Waals surface area contributed by atoms with Gasteiger partial charge in [-0.25, -0.2) is 4.39 Å². The van der Waals surface area contributed by atoms with Crippen LogP contribution in [0.2, 0.25) is 0 Å². The van der Waals surface area contributed by atoms with E-state index in [1.165, 1.54) is 6.07 Å². The Morgan fingerprint density at radius 1 is 1.14 bits per heavy atom. The van der Waals surface area contributed by atoms with Crippen molar-refractivity contribution in [1.29, 1.82) is 0 Å². The first-order valence-corrected chi connectivity index (χ1v) is 9.23. The van der Waals surface area contributed by atoms with Crippen LogP contribution in [0.15, 0.2) is 53.8 Å². The zero-order valence-corrected chi connectivity index (χ0v) is 15.6. The number of rotatable bonds is 6. The molecule has 0 aliphatic heterocycles. The molecule has 7 nitrogen and oxygen atoms in total. The lowest BCUT2D eigenvalue weighted by Crippen LogP contribution is -2.39. The first kappa shape index (κ1) is 18.0. The third-order valence-electron chi connectivity index (χ3n) is 4.67. The van der Waals surface area contributed by atoms with Crippen molar-refractivity contribution in [1.82, 2.24) is 30.2 Å². The SMILES string of the molecule is CN=C(NCCc1c[nH]c2ccc(F)cc12)NCCc1nnc2ccccn12. The summed E-state index contributed by atoms with van der Waals surface area (Å²) in [4.78, 5) is 7.42. The van der Waals surface area contributed by atoms with Gasteiger partial charge in [0.25, 0.3) is 0 Å². The first-order chi connectivity index (χ1) is 13.7. The number of aromatic nitrogens is 4. The lowest BCUT2D eigenvalue weighted by Gasteiger charge is -2.11. The van der Waals surface area contributed by atoms with Crippen molar-refractivity contribution in [2.24, 2.45) is 4.99 Å². The molecule has 144 valence electrons. The number of aromatic amines is 1. The molecule has 0 amide bonds. The number of guanidine groups is 1. The van der Waals surface area contributed by atoms with Crippen LogP contribution >= 0.6 is 0 Å². The molecule has 0 spiro atoms. The van der Waals surface area contributed by atoms with Gasteiger partial charge >= 0.3 is 0 Å². The summed E-state index contributed by atoms with van der Waals surface area (Å²) < 4.78 is 15.5. The summed E-state index contributed by atoms with van der Waals surface area (Å²) in [6.45, 7) is 1.38. The Bertz CT molecular complexity index is 1110. The van der Waals surface area contributed by atoms with Crippen LogP contribution in [0.1, 0.15) is 11.4 Å². The molecule has 1 aromatic carbocycles. The van der Waals surface area contributed by atoms with E-state index in [0.717, 1.165) is 46.7 Å². The molecule has 0 radical (unpaired) electrons. The minimum atomic E-state index is -0.222. The fraction of sp³-hybridized carbons (Fsp3) is 0.250. The topological polar surface area (TPSA) is 82.4 Å². The van der Waals surface area contributed by atoms with Crippen molar-refractivity contribution in [2.45, 2.75) is 12.8 Å². The van der Waals surface area contributed by atoms with E-state index in [1.54, 1.807) is 19.2 Å². The molecule has 0 saturated heterocycles. The number of hydrogen-bond donors (Lipinski definition) is 3. The van der Waals surface area contributed by atoms with Crippen LogP contribution in [0.4, 0.5) is 4.39 Å². The van der Waals surface area contributed by atoms with Gasteiger partial charge in [-0.15, -0.1) is 10.2 Å². The summed E-state index contributed by atoms with van der Waals surface area (Å²) in [7, 11) is 1.74. The maximum atomic E-state index is 13.5. The average molecular weight is 379 g/mol. The van der Waals surface area contributed by atoms with E-state index in [4.69, 9.17) is 0 Å². The summed E-state index contributed by atoms with van der Waals surface area (Å²) in [5.41, 5.74) is 2.86. The third-order valence-corrected chi connectivity index (χ3v) is 4.67. The van der Waals surface area contributed by atoms with Gasteiger partial charge < -0.3 is 15.6 Å². The van der Waals surface area contributed by atoms with E-state index in [2.05, 4.69) is 30.8 Å². The Labute approximate surface area is 161 Å². The highest BCUT2D eigenvalue weighted by molar-refractivity contribution is 5.83. The first-order valence-electron chi connectivity index (χ1n) is 9.23. The highest BCUT2D eigenvalue weighted by Crippen LogP contribution is 2.19. The fourth-order valence-corrected chi connectivity index (χ4v) is 3.25. The summed E-state index contributed by atoms with van der Waals surface area (Å²) >= 11 is 0.